The van der Waals surface area contributed by atoms with Crippen LogP contribution in [0.2, 0.25) is 0 Å². The van der Waals surface area contributed by atoms with Crippen LogP contribution in [0.25, 0.3) is 0 Å². The fourth-order valence-electron chi connectivity index (χ4n) is 7.74. The lowest BCUT2D eigenvalue weighted by atomic mass is 9.76. The smallest absolute Gasteiger partial charge is 0.426 e. The highest BCUT2D eigenvalue weighted by molar-refractivity contribution is 5.95. The van der Waals surface area contributed by atoms with Gasteiger partial charge in [0.1, 0.15) is 0 Å². The van der Waals surface area contributed by atoms with Gasteiger partial charge in [-0.25, -0.2) is 0 Å². The average molecular weight is 703 g/mol. The van der Waals surface area contributed by atoms with E-state index in [1.807, 2.05) is 20.8 Å². The van der Waals surface area contributed by atoms with E-state index < -0.39 is 48.2 Å². The number of hydrogen-bond donors (Lipinski definition) is 2. The second-order valence-electron chi connectivity index (χ2n) is 15.1. The first-order valence-corrected chi connectivity index (χ1v) is 16.7. The standard InChI is InChI=1S/C11H14F6O.C10H16O2.C7H14O2.C6H8O3/c12-10(13,14)9(18,11(15,16)17)5-8-4-6-1-2-7(8)3-6;1-5-6(2)8-3-7(5)4-9(8)10(11)12;1-5-7(2,3)6(8)9-4;1-3-4(2)6(8)9-5(3)7/h6-8,18H,1-5H2;5-9H,3-4H2,1-2H3,(H,11,12);5H2,1-4H3;3-4H,1-2H3. The molecule has 0 aromatic rings. The van der Waals surface area contributed by atoms with Gasteiger partial charge in [0.05, 0.1) is 30.3 Å². The van der Waals surface area contributed by atoms with Gasteiger partial charge in [-0.05, 0) is 100 Å². The van der Waals surface area contributed by atoms with Crippen molar-refractivity contribution in [1.82, 2.24) is 0 Å². The Kier molecular flexibility index (Phi) is 13.6. The maximum absolute atomic E-state index is 12.5. The quantitative estimate of drug-likeness (QED) is 0.170. The van der Waals surface area contributed by atoms with Crippen LogP contribution in [0, 0.1) is 64.6 Å². The summed E-state index contributed by atoms with van der Waals surface area (Å²) >= 11 is 0. The second-order valence-corrected chi connectivity index (χ2v) is 15.1. The molecular weight excluding hydrogens is 650 g/mol. The van der Waals surface area contributed by atoms with E-state index in [1.54, 1.807) is 13.8 Å². The zero-order valence-electron chi connectivity index (χ0n) is 29.0. The highest BCUT2D eigenvalue weighted by atomic mass is 19.4. The number of ether oxygens (including phenoxy) is 2. The molecule has 10 atom stereocenters. The van der Waals surface area contributed by atoms with Crippen molar-refractivity contribution < 1.29 is 65.2 Å². The summed E-state index contributed by atoms with van der Waals surface area (Å²) < 4.78 is 84.0. The third-order valence-electron chi connectivity index (χ3n) is 11.9. The molecule has 5 rings (SSSR count). The van der Waals surface area contributed by atoms with Gasteiger partial charge in [-0.3, -0.25) is 19.2 Å². The average Bonchev–Trinajstić information content (AvgIpc) is 3.81. The summed E-state index contributed by atoms with van der Waals surface area (Å²) in [5.74, 6) is 0.0143. The molecule has 1 aliphatic heterocycles. The number of hydrogen-bond acceptors (Lipinski definition) is 7. The molecule has 0 spiro atoms. The van der Waals surface area contributed by atoms with Crippen LogP contribution in [0.4, 0.5) is 26.3 Å². The zero-order chi connectivity index (χ0) is 37.2. The fourth-order valence-corrected chi connectivity index (χ4v) is 7.74. The molecule has 1 saturated heterocycles. The molecule has 278 valence electrons. The van der Waals surface area contributed by atoms with E-state index in [-0.39, 0.29) is 41.0 Å². The Morgan fingerprint density at radius 2 is 1.35 bits per heavy atom. The van der Waals surface area contributed by atoms with Gasteiger partial charge >= 0.3 is 36.2 Å². The van der Waals surface area contributed by atoms with E-state index in [1.165, 1.54) is 13.5 Å². The summed E-state index contributed by atoms with van der Waals surface area (Å²) in [6, 6.07) is 0. The number of carbonyl (C=O) groups is 4. The first-order valence-electron chi connectivity index (χ1n) is 16.7. The maximum Gasteiger partial charge on any atom is 0.426 e. The van der Waals surface area contributed by atoms with Crippen LogP contribution in [0.15, 0.2) is 0 Å². The minimum Gasteiger partial charge on any atom is -0.481 e. The molecule has 0 aromatic heterocycles. The Morgan fingerprint density at radius 1 is 0.833 bits per heavy atom. The Bertz CT molecular complexity index is 1120. The number of methoxy groups -OCH3 is 1. The van der Waals surface area contributed by atoms with Gasteiger partial charge in [0.25, 0.3) is 5.60 Å². The second kappa shape index (κ2) is 15.7. The molecule has 0 aromatic carbocycles. The third kappa shape index (κ3) is 9.24. The summed E-state index contributed by atoms with van der Waals surface area (Å²) in [5, 5.41) is 18.1. The van der Waals surface area contributed by atoms with Crippen molar-refractivity contribution in [3.05, 3.63) is 0 Å². The minimum atomic E-state index is -5.67. The number of carboxylic acid groups (broad SMARTS) is 1. The van der Waals surface area contributed by atoms with Crippen molar-refractivity contribution in [1.29, 1.82) is 0 Å². The summed E-state index contributed by atoms with van der Waals surface area (Å²) in [5.41, 5.74) is -4.87. The number of cyclic esters (lactones) is 2. The van der Waals surface area contributed by atoms with E-state index in [2.05, 4.69) is 23.3 Å². The monoisotopic (exact) mass is 702 g/mol. The molecule has 5 aliphatic rings. The van der Waals surface area contributed by atoms with Crippen LogP contribution in [0.1, 0.15) is 99.8 Å². The van der Waals surface area contributed by atoms with Crippen LogP contribution in [0.3, 0.4) is 0 Å². The van der Waals surface area contributed by atoms with Gasteiger partial charge in [-0.2, -0.15) is 26.3 Å². The van der Waals surface area contributed by atoms with E-state index in [0.29, 0.717) is 37.0 Å². The molecule has 0 amide bonds. The predicted octanol–water partition coefficient (Wildman–Crippen LogP) is 7.61. The first-order chi connectivity index (χ1) is 21.8. The van der Waals surface area contributed by atoms with E-state index in [4.69, 9.17) is 10.2 Å². The van der Waals surface area contributed by atoms with Crippen LogP contribution in [0.5, 0.6) is 0 Å². The summed E-state index contributed by atoms with van der Waals surface area (Å²) in [7, 11) is 1.42. The van der Waals surface area contributed by atoms with Crippen molar-refractivity contribution in [3.63, 3.8) is 0 Å². The van der Waals surface area contributed by atoms with Crippen LogP contribution in [-0.4, -0.2) is 59.2 Å². The lowest BCUT2D eigenvalue weighted by molar-refractivity contribution is -0.373. The van der Waals surface area contributed by atoms with Crippen LogP contribution in [-0.2, 0) is 28.7 Å². The SMILES string of the molecule is CC1C(=O)OC(=O)C1C.CC1C2CC(C(=O)O)C(C2)C1C.CCC(C)(C)C(=O)OC.OC(CC1CC2CCC1C2)(C(F)(F)F)C(F)(F)F. The number of aliphatic hydroxyl groups is 1. The van der Waals surface area contributed by atoms with E-state index in [0.717, 1.165) is 25.2 Å². The molecule has 4 saturated carbocycles. The molecule has 5 fully saturated rings. The van der Waals surface area contributed by atoms with Gasteiger partial charge in [0.2, 0.25) is 0 Å². The third-order valence-corrected chi connectivity index (χ3v) is 11.9. The van der Waals surface area contributed by atoms with Crippen molar-refractivity contribution in [2.24, 2.45) is 64.6 Å². The van der Waals surface area contributed by atoms with Crippen molar-refractivity contribution in [2.45, 2.75) is 118 Å². The van der Waals surface area contributed by atoms with Gasteiger partial charge in [-0.15, -0.1) is 0 Å². The number of carbonyl (C=O) groups excluding carboxylic acids is 3. The molecule has 0 radical (unpaired) electrons. The van der Waals surface area contributed by atoms with E-state index >= 15 is 0 Å². The number of aliphatic carboxylic acids is 1. The zero-order valence-corrected chi connectivity index (χ0v) is 29.0. The Morgan fingerprint density at radius 3 is 1.62 bits per heavy atom. The van der Waals surface area contributed by atoms with Crippen LogP contribution >= 0.6 is 0 Å². The molecule has 8 nitrogen and oxygen atoms in total. The van der Waals surface area contributed by atoms with E-state index in [9.17, 15) is 45.5 Å². The molecule has 4 bridgehead atoms. The van der Waals surface area contributed by atoms with Crippen LogP contribution < -0.4 is 0 Å². The Labute approximate surface area is 278 Å². The molecule has 10 unspecified atom stereocenters. The van der Waals surface area contributed by atoms with Crippen molar-refractivity contribution in [3.8, 4) is 0 Å². The molecule has 2 N–H and O–H groups in total. The van der Waals surface area contributed by atoms with Crippen molar-refractivity contribution in [2.75, 3.05) is 7.11 Å². The normalized spacial score (nSPS) is 33.9. The number of alkyl halides is 6. The molecule has 14 heteroatoms. The lowest BCUT2D eigenvalue weighted by Gasteiger charge is -2.36. The fraction of sp³-hybridized carbons (Fsp3) is 0.882. The minimum absolute atomic E-state index is 0.0267. The number of rotatable bonds is 5. The number of esters is 3. The topological polar surface area (TPSA) is 127 Å². The van der Waals surface area contributed by atoms with Gasteiger partial charge in [0.15, 0.2) is 0 Å². The molecule has 4 aliphatic carbocycles. The Balaban J connectivity index is 0.000000234. The predicted molar refractivity (Wildman–Crippen MR) is 162 cm³/mol. The molecule has 1 heterocycles. The first kappa shape index (κ1) is 41.8. The van der Waals surface area contributed by atoms with Gasteiger partial charge in [-0.1, -0.05) is 41.0 Å². The summed E-state index contributed by atoms with van der Waals surface area (Å²) in [4.78, 5) is 42.8. The number of carboxylic acids is 1. The maximum atomic E-state index is 12.5. The largest absolute Gasteiger partial charge is 0.481 e. The highest BCUT2D eigenvalue weighted by Gasteiger charge is 2.71. The lowest BCUT2D eigenvalue weighted by Crippen LogP contribution is -2.58. The highest BCUT2D eigenvalue weighted by Crippen LogP contribution is 2.56. The molecular formula is C34H52F6O8. The number of fused-ring (bicyclic) bond motifs is 4. The van der Waals surface area contributed by atoms with Gasteiger partial charge < -0.3 is 19.7 Å². The Hall–Kier alpha value is -2.38. The molecule has 48 heavy (non-hydrogen) atoms. The summed E-state index contributed by atoms with van der Waals surface area (Å²) in [6.45, 7) is 13.6. The number of halogens is 6. The van der Waals surface area contributed by atoms with Gasteiger partial charge in [0, 0.05) is 0 Å². The van der Waals surface area contributed by atoms with Crippen molar-refractivity contribution >= 4 is 23.9 Å². The summed E-state index contributed by atoms with van der Waals surface area (Å²) in [6.07, 6.45) is -7.03.